The number of carbonyl (C=O) groups excluding carboxylic acids is 2. The van der Waals surface area contributed by atoms with Crippen molar-refractivity contribution < 1.29 is 35.9 Å². The minimum atomic E-state index is -4.53. The summed E-state index contributed by atoms with van der Waals surface area (Å²) in [5, 5.41) is 2.25. The second-order valence-electron chi connectivity index (χ2n) is 7.42. The van der Waals surface area contributed by atoms with Gasteiger partial charge in [-0.3, -0.25) is 4.79 Å². The number of hydrogen-bond donors (Lipinski definition) is 1. The van der Waals surface area contributed by atoms with Gasteiger partial charge in [-0.15, -0.1) is 0 Å². The van der Waals surface area contributed by atoms with E-state index in [1.807, 2.05) is 0 Å². The maximum Gasteiger partial charge on any atom is 0.391 e. The van der Waals surface area contributed by atoms with Gasteiger partial charge >= 0.3 is 12.2 Å². The van der Waals surface area contributed by atoms with Gasteiger partial charge in [0, 0.05) is 36.8 Å². The van der Waals surface area contributed by atoms with Gasteiger partial charge in [0.15, 0.2) is 23.2 Å². The fourth-order valence-electron chi connectivity index (χ4n) is 3.25. The SMILES string of the molecule is C[C@H]1Cn2cnc(C(=O)C[C@H](C)C(F)(F)F)c2CN1C(=O)Nc1cc(F)c(F)c(F)c1. The molecule has 6 nitrogen and oxygen atoms in total. The van der Waals surface area contributed by atoms with Crippen LogP contribution in [0.5, 0.6) is 0 Å². The number of nitrogens with zero attached hydrogens (tertiary/aromatic N) is 3. The number of ketones is 1. The number of fused-ring (bicyclic) bond motifs is 1. The third-order valence-corrected chi connectivity index (χ3v) is 5.07. The van der Waals surface area contributed by atoms with Crippen molar-refractivity contribution >= 4 is 17.5 Å². The Labute approximate surface area is 172 Å². The predicted molar refractivity (Wildman–Crippen MR) is 96.7 cm³/mol. The van der Waals surface area contributed by atoms with Gasteiger partial charge in [0.1, 0.15) is 5.69 Å². The molecule has 2 heterocycles. The van der Waals surface area contributed by atoms with Crippen molar-refractivity contribution in [1.82, 2.24) is 14.5 Å². The molecule has 0 bridgehead atoms. The molecule has 31 heavy (non-hydrogen) atoms. The second kappa shape index (κ2) is 8.23. The van der Waals surface area contributed by atoms with Gasteiger partial charge in [-0.05, 0) is 6.92 Å². The Morgan fingerprint density at radius 2 is 1.84 bits per heavy atom. The molecule has 1 N–H and O–H groups in total. The zero-order valence-electron chi connectivity index (χ0n) is 16.4. The van der Waals surface area contributed by atoms with E-state index in [0.717, 1.165) is 6.92 Å². The third kappa shape index (κ3) is 4.67. The first-order valence-electron chi connectivity index (χ1n) is 9.24. The van der Waals surface area contributed by atoms with Gasteiger partial charge in [-0.25, -0.2) is 22.9 Å². The third-order valence-electron chi connectivity index (χ3n) is 5.07. The van der Waals surface area contributed by atoms with Crippen molar-refractivity contribution in [1.29, 1.82) is 0 Å². The predicted octanol–water partition coefficient (Wildman–Crippen LogP) is 4.51. The molecular formula is C19H18F6N4O2. The van der Waals surface area contributed by atoms with E-state index in [2.05, 4.69) is 10.3 Å². The van der Waals surface area contributed by atoms with E-state index < -0.39 is 53.8 Å². The van der Waals surface area contributed by atoms with Crippen LogP contribution >= 0.6 is 0 Å². The van der Waals surface area contributed by atoms with Gasteiger partial charge < -0.3 is 14.8 Å². The largest absolute Gasteiger partial charge is 0.391 e. The van der Waals surface area contributed by atoms with Gasteiger partial charge in [0.25, 0.3) is 0 Å². The number of imidazole rings is 1. The molecule has 168 valence electrons. The molecule has 12 heteroatoms. The molecule has 0 unspecified atom stereocenters. The van der Waals surface area contributed by atoms with Crippen LogP contribution in [0, 0.1) is 23.4 Å². The highest BCUT2D eigenvalue weighted by Gasteiger charge is 2.39. The first kappa shape index (κ1) is 22.6. The van der Waals surface area contributed by atoms with E-state index in [0.29, 0.717) is 12.1 Å². The number of benzene rings is 1. The average molecular weight is 448 g/mol. The molecule has 0 spiro atoms. The van der Waals surface area contributed by atoms with Crippen molar-refractivity contribution in [3.63, 3.8) is 0 Å². The molecule has 2 amide bonds. The number of halogens is 6. The zero-order valence-corrected chi connectivity index (χ0v) is 16.4. The summed E-state index contributed by atoms with van der Waals surface area (Å²) in [6.07, 6.45) is -4.00. The summed E-state index contributed by atoms with van der Waals surface area (Å²) in [4.78, 5) is 30.2. The number of nitrogens with one attached hydrogen (secondary N) is 1. The topological polar surface area (TPSA) is 67.2 Å². The Balaban J connectivity index is 1.78. The molecule has 3 rings (SSSR count). The fraction of sp³-hybridized carbons (Fsp3) is 0.421. The number of urea groups is 1. The Hall–Kier alpha value is -3.05. The Bertz CT molecular complexity index is 996. The lowest BCUT2D eigenvalue weighted by atomic mass is 10.0. The number of anilines is 1. The quantitative estimate of drug-likeness (QED) is 0.425. The van der Waals surface area contributed by atoms with Crippen LogP contribution in [0.4, 0.5) is 36.8 Å². The van der Waals surface area contributed by atoms with Crippen molar-refractivity contribution in [2.75, 3.05) is 5.32 Å². The number of aromatic nitrogens is 2. The van der Waals surface area contributed by atoms with Crippen LogP contribution < -0.4 is 5.32 Å². The molecule has 1 aromatic heterocycles. The molecule has 0 aliphatic carbocycles. The van der Waals surface area contributed by atoms with E-state index in [4.69, 9.17) is 0 Å². The molecule has 0 fully saturated rings. The van der Waals surface area contributed by atoms with Crippen molar-refractivity contribution in [2.24, 2.45) is 5.92 Å². The van der Waals surface area contributed by atoms with E-state index in [-0.39, 0.29) is 30.2 Å². The van der Waals surface area contributed by atoms with Gasteiger partial charge in [0.05, 0.1) is 24.5 Å². The molecule has 2 aromatic rings. The number of Topliss-reactive ketones (excluding diaryl/α,β-unsaturated/α-hetero) is 1. The second-order valence-corrected chi connectivity index (χ2v) is 7.42. The number of alkyl halides is 3. The van der Waals surface area contributed by atoms with Crippen molar-refractivity contribution in [3.05, 3.63) is 47.3 Å². The standard InChI is InChI=1S/C19H18F6N4O2/c1-9(19(23,24)25)3-15(30)17-14-7-29(10(2)6-28(14)8-26-17)18(31)27-11-4-12(20)16(22)13(21)5-11/h4-5,8-10H,3,6-7H2,1-2H3,(H,27,31)/t9-,10-/m0/s1. The van der Waals surface area contributed by atoms with Crippen LogP contribution in [0.15, 0.2) is 18.5 Å². The van der Waals surface area contributed by atoms with Crippen LogP contribution in [0.3, 0.4) is 0 Å². The lowest BCUT2D eigenvalue weighted by Crippen LogP contribution is -2.46. The average Bonchev–Trinajstić information content (AvgIpc) is 3.07. The minimum Gasteiger partial charge on any atom is -0.330 e. The van der Waals surface area contributed by atoms with Crippen LogP contribution in [0.2, 0.25) is 0 Å². The minimum absolute atomic E-state index is 0.166. The monoisotopic (exact) mass is 448 g/mol. The smallest absolute Gasteiger partial charge is 0.330 e. The highest BCUT2D eigenvalue weighted by Crippen LogP contribution is 2.30. The lowest BCUT2D eigenvalue weighted by Gasteiger charge is -2.34. The lowest BCUT2D eigenvalue weighted by molar-refractivity contribution is -0.168. The normalized spacial score (nSPS) is 17.3. The van der Waals surface area contributed by atoms with Crippen LogP contribution in [-0.2, 0) is 13.1 Å². The Morgan fingerprint density at radius 1 is 1.23 bits per heavy atom. The van der Waals surface area contributed by atoms with Gasteiger partial charge in [-0.2, -0.15) is 13.2 Å². The maximum atomic E-state index is 13.4. The maximum absolute atomic E-state index is 13.4. The number of rotatable bonds is 4. The van der Waals surface area contributed by atoms with Crippen LogP contribution in [0.1, 0.15) is 36.5 Å². The summed E-state index contributed by atoms with van der Waals surface area (Å²) in [5.74, 6) is -7.30. The van der Waals surface area contributed by atoms with E-state index in [1.54, 1.807) is 11.5 Å². The zero-order chi connectivity index (χ0) is 23.1. The molecule has 0 saturated heterocycles. The highest BCUT2D eigenvalue weighted by molar-refractivity contribution is 5.96. The van der Waals surface area contributed by atoms with Crippen molar-refractivity contribution in [2.45, 2.75) is 45.6 Å². The van der Waals surface area contributed by atoms with Gasteiger partial charge in [0.2, 0.25) is 0 Å². The fourth-order valence-corrected chi connectivity index (χ4v) is 3.25. The summed E-state index contributed by atoms with van der Waals surface area (Å²) in [7, 11) is 0. The van der Waals surface area contributed by atoms with E-state index >= 15 is 0 Å². The molecule has 2 atom stereocenters. The highest BCUT2D eigenvalue weighted by atomic mass is 19.4. The molecular weight excluding hydrogens is 430 g/mol. The van der Waals surface area contributed by atoms with Gasteiger partial charge in [-0.1, -0.05) is 6.92 Å². The number of amides is 2. The molecule has 1 aliphatic heterocycles. The summed E-state index contributed by atoms with van der Waals surface area (Å²) in [6.45, 7) is 2.59. The summed E-state index contributed by atoms with van der Waals surface area (Å²) in [6, 6.07) is 0.00649. The summed E-state index contributed by atoms with van der Waals surface area (Å²) < 4.78 is 79.8. The summed E-state index contributed by atoms with van der Waals surface area (Å²) in [5.41, 5.74) is -0.230. The first-order valence-corrected chi connectivity index (χ1v) is 9.24. The number of hydrogen-bond acceptors (Lipinski definition) is 3. The Kier molecular flexibility index (Phi) is 6.01. The molecule has 1 aromatic carbocycles. The van der Waals surface area contributed by atoms with Crippen LogP contribution in [0.25, 0.3) is 0 Å². The molecule has 0 saturated carbocycles. The molecule has 1 aliphatic rings. The Morgan fingerprint density at radius 3 is 2.42 bits per heavy atom. The van der Waals surface area contributed by atoms with E-state index in [9.17, 15) is 35.9 Å². The summed E-state index contributed by atoms with van der Waals surface area (Å²) >= 11 is 0. The van der Waals surface area contributed by atoms with E-state index in [1.165, 1.54) is 11.2 Å². The van der Waals surface area contributed by atoms with Crippen molar-refractivity contribution in [3.8, 4) is 0 Å². The molecule has 0 radical (unpaired) electrons. The number of carbonyl (C=O) groups is 2. The first-order chi connectivity index (χ1) is 14.4. The van der Waals surface area contributed by atoms with Crippen LogP contribution in [-0.4, -0.2) is 38.5 Å².